The Bertz CT molecular complexity index is 330. The molecule has 0 atom stereocenters. The van der Waals surface area contributed by atoms with Crippen LogP contribution >= 0.6 is 15.9 Å². The van der Waals surface area contributed by atoms with E-state index in [1.165, 1.54) is 0 Å². The van der Waals surface area contributed by atoms with Gasteiger partial charge in [-0.15, -0.1) is 0 Å². The van der Waals surface area contributed by atoms with E-state index < -0.39 is 0 Å². The predicted octanol–water partition coefficient (Wildman–Crippen LogP) is 2.47. The molecule has 0 saturated carbocycles. The van der Waals surface area contributed by atoms with Gasteiger partial charge in [0.15, 0.2) is 0 Å². The van der Waals surface area contributed by atoms with E-state index in [4.69, 9.17) is 4.52 Å². The van der Waals surface area contributed by atoms with E-state index in [1.54, 1.807) is 0 Å². The molecule has 90 valence electrons. The molecule has 0 aliphatic carbocycles. The first-order chi connectivity index (χ1) is 7.65. The summed E-state index contributed by atoms with van der Waals surface area (Å²) in [7, 11) is 0. The first-order valence-corrected chi connectivity index (χ1v) is 6.51. The molecule has 5 heteroatoms. The van der Waals surface area contributed by atoms with Crippen LogP contribution in [-0.4, -0.2) is 16.4 Å². The fourth-order valence-corrected chi connectivity index (χ4v) is 1.81. The van der Waals surface area contributed by atoms with Crippen molar-refractivity contribution >= 4 is 21.8 Å². The van der Waals surface area contributed by atoms with Gasteiger partial charge in [-0.05, 0) is 26.7 Å². The van der Waals surface area contributed by atoms with Crippen LogP contribution in [0.1, 0.15) is 36.3 Å². The number of aryl methyl sites for hydroxylation is 2. The molecule has 0 radical (unpaired) electrons. The minimum absolute atomic E-state index is 0.0842. The van der Waals surface area contributed by atoms with Crippen molar-refractivity contribution in [2.45, 2.75) is 39.7 Å². The fourth-order valence-electron chi connectivity index (χ4n) is 1.41. The van der Waals surface area contributed by atoms with Gasteiger partial charge in [-0.25, -0.2) is 0 Å². The number of rotatable bonds is 6. The molecule has 1 amide bonds. The highest BCUT2D eigenvalue weighted by Gasteiger charge is 2.09. The fraction of sp³-hybridized carbons (Fsp3) is 0.636. The highest BCUT2D eigenvalue weighted by Crippen LogP contribution is 2.11. The van der Waals surface area contributed by atoms with Gasteiger partial charge in [0.25, 0.3) is 0 Å². The number of halogens is 1. The first-order valence-electron chi connectivity index (χ1n) is 5.39. The van der Waals surface area contributed by atoms with E-state index in [1.807, 2.05) is 13.8 Å². The lowest BCUT2D eigenvalue weighted by atomic mass is 10.2. The van der Waals surface area contributed by atoms with E-state index in [9.17, 15) is 4.79 Å². The zero-order valence-corrected chi connectivity index (χ0v) is 11.3. The third-order valence-electron chi connectivity index (χ3n) is 2.43. The number of hydrogen-bond donors (Lipinski definition) is 1. The molecule has 1 aromatic heterocycles. The van der Waals surface area contributed by atoms with Crippen LogP contribution in [0.5, 0.6) is 0 Å². The summed E-state index contributed by atoms with van der Waals surface area (Å²) < 4.78 is 5.02. The molecule has 0 spiro atoms. The lowest BCUT2D eigenvalue weighted by molar-refractivity contribution is -0.121. The zero-order chi connectivity index (χ0) is 12.0. The molecule has 0 unspecified atom stereocenters. The van der Waals surface area contributed by atoms with E-state index in [2.05, 4.69) is 26.4 Å². The Hall–Kier alpha value is -0.840. The highest BCUT2D eigenvalue weighted by molar-refractivity contribution is 9.09. The van der Waals surface area contributed by atoms with Gasteiger partial charge in [0.1, 0.15) is 5.76 Å². The van der Waals surface area contributed by atoms with Gasteiger partial charge in [0, 0.05) is 23.9 Å². The summed E-state index contributed by atoms with van der Waals surface area (Å²) in [6.07, 6.45) is 2.52. The molecular formula is C11H17BrN2O2. The molecule has 0 aromatic carbocycles. The number of carbonyl (C=O) groups is 1. The summed E-state index contributed by atoms with van der Waals surface area (Å²) >= 11 is 3.34. The minimum atomic E-state index is 0.0842. The molecular weight excluding hydrogens is 272 g/mol. The Morgan fingerprint density at radius 1 is 1.44 bits per heavy atom. The Morgan fingerprint density at radius 2 is 2.19 bits per heavy atom. The van der Waals surface area contributed by atoms with Crippen LogP contribution < -0.4 is 5.32 Å². The number of nitrogens with one attached hydrogen (secondary N) is 1. The normalized spacial score (nSPS) is 10.4. The van der Waals surface area contributed by atoms with Crippen LogP contribution in [-0.2, 0) is 11.3 Å². The van der Waals surface area contributed by atoms with Crippen molar-refractivity contribution in [2.75, 3.05) is 5.33 Å². The van der Waals surface area contributed by atoms with Gasteiger partial charge in [0.05, 0.1) is 5.69 Å². The molecule has 0 aliphatic rings. The van der Waals surface area contributed by atoms with E-state index in [-0.39, 0.29) is 5.91 Å². The Balaban J connectivity index is 2.32. The predicted molar refractivity (Wildman–Crippen MR) is 65.5 cm³/mol. The summed E-state index contributed by atoms with van der Waals surface area (Å²) in [5, 5.41) is 7.66. The molecule has 1 heterocycles. The van der Waals surface area contributed by atoms with Crippen molar-refractivity contribution in [1.29, 1.82) is 0 Å². The van der Waals surface area contributed by atoms with Crippen molar-refractivity contribution < 1.29 is 9.32 Å². The highest BCUT2D eigenvalue weighted by atomic mass is 79.9. The standard InChI is InChI=1S/C11H17BrN2O2/c1-8-10(9(2)16-14-8)7-13-11(15)5-3-4-6-12/h3-7H2,1-2H3,(H,13,15). The van der Waals surface area contributed by atoms with Crippen LogP contribution in [0.2, 0.25) is 0 Å². The van der Waals surface area contributed by atoms with Crippen LogP contribution in [0, 0.1) is 13.8 Å². The maximum Gasteiger partial charge on any atom is 0.220 e. The molecule has 0 fully saturated rings. The molecule has 1 rings (SSSR count). The van der Waals surface area contributed by atoms with Crippen molar-refractivity contribution in [1.82, 2.24) is 10.5 Å². The van der Waals surface area contributed by atoms with Crippen LogP contribution in [0.4, 0.5) is 0 Å². The zero-order valence-electron chi connectivity index (χ0n) is 9.68. The molecule has 0 bridgehead atoms. The number of amides is 1. The summed E-state index contributed by atoms with van der Waals surface area (Å²) in [6, 6.07) is 0. The van der Waals surface area contributed by atoms with Crippen LogP contribution in [0.15, 0.2) is 4.52 Å². The van der Waals surface area contributed by atoms with E-state index in [0.29, 0.717) is 13.0 Å². The second kappa shape index (κ2) is 6.68. The van der Waals surface area contributed by atoms with Gasteiger partial charge in [-0.3, -0.25) is 4.79 Å². The topological polar surface area (TPSA) is 55.1 Å². The van der Waals surface area contributed by atoms with Crippen molar-refractivity contribution in [3.63, 3.8) is 0 Å². The lowest BCUT2D eigenvalue weighted by Crippen LogP contribution is -2.22. The number of hydrogen-bond acceptors (Lipinski definition) is 3. The third kappa shape index (κ3) is 3.96. The average molecular weight is 289 g/mol. The van der Waals surface area contributed by atoms with E-state index in [0.717, 1.165) is 35.2 Å². The number of nitrogens with zero attached hydrogens (tertiary/aromatic N) is 1. The Morgan fingerprint density at radius 3 is 2.75 bits per heavy atom. The Kier molecular flexibility index (Phi) is 5.52. The number of carbonyl (C=O) groups excluding carboxylic acids is 1. The third-order valence-corrected chi connectivity index (χ3v) is 2.99. The van der Waals surface area contributed by atoms with Gasteiger partial charge in [-0.1, -0.05) is 21.1 Å². The monoisotopic (exact) mass is 288 g/mol. The first kappa shape index (κ1) is 13.2. The Labute approximate surface area is 104 Å². The largest absolute Gasteiger partial charge is 0.361 e. The van der Waals surface area contributed by atoms with Gasteiger partial charge < -0.3 is 9.84 Å². The quantitative estimate of drug-likeness (QED) is 0.646. The SMILES string of the molecule is Cc1noc(C)c1CNC(=O)CCCCBr. The summed E-state index contributed by atoms with van der Waals surface area (Å²) in [4.78, 5) is 11.5. The van der Waals surface area contributed by atoms with Gasteiger partial charge in [-0.2, -0.15) is 0 Å². The number of alkyl halides is 1. The summed E-state index contributed by atoms with van der Waals surface area (Å²) in [5.74, 6) is 0.860. The van der Waals surface area contributed by atoms with Gasteiger partial charge in [0.2, 0.25) is 5.91 Å². The molecule has 1 N–H and O–H groups in total. The molecule has 4 nitrogen and oxygen atoms in total. The van der Waals surface area contributed by atoms with Gasteiger partial charge >= 0.3 is 0 Å². The summed E-state index contributed by atoms with van der Waals surface area (Å²) in [6.45, 7) is 4.24. The number of unbranched alkanes of at least 4 members (excludes halogenated alkanes) is 1. The summed E-state index contributed by atoms with van der Waals surface area (Å²) in [5.41, 5.74) is 1.83. The molecule has 0 saturated heterocycles. The van der Waals surface area contributed by atoms with E-state index >= 15 is 0 Å². The second-order valence-corrected chi connectivity index (χ2v) is 4.52. The molecule has 1 aromatic rings. The minimum Gasteiger partial charge on any atom is -0.361 e. The van der Waals surface area contributed by atoms with Crippen molar-refractivity contribution in [2.24, 2.45) is 0 Å². The average Bonchev–Trinajstić information content (AvgIpc) is 2.57. The second-order valence-electron chi connectivity index (χ2n) is 3.73. The lowest BCUT2D eigenvalue weighted by Gasteiger charge is -2.04. The maximum atomic E-state index is 11.5. The maximum absolute atomic E-state index is 11.5. The number of aromatic nitrogens is 1. The molecule has 16 heavy (non-hydrogen) atoms. The van der Waals surface area contributed by atoms with Crippen molar-refractivity contribution in [3.05, 3.63) is 17.0 Å². The van der Waals surface area contributed by atoms with Crippen LogP contribution in [0.25, 0.3) is 0 Å². The van der Waals surface area contributed by atoms with Crippen molar-refractivity contribution in [3.8, 4) is 0 Å². The van der Waals surface area contributed by atoms with Crippen LogP contribution in [0.3, 0.4) is 0 Å². The smallest absolute Gasteiger partial charge is 0.220 e. The molecule has 0 aliphatic heterocycles.